The Hall–Kier alpha value is -1.47. The van der Waals surface area contributed by atoms with Gasteiger partial charge in [-0.25, -0.2) is 9.78 Å². The number of nitrogens with one attached hydrogen (secondary N) is 1. The summed E-state index contributed by atoms with van der Waals surface area (Å²) in [6.07, 6.45) is 1.87. The van der Waals surface area contributed by atoms with Crippen molar-refractivity contribution in [2.45, 2.75) is 25.5 Å². The highest BCUT2D eigenvalue weighted by Gasteiger charge is 2.16. The Morgan fingerprint density at radius 3 is 2.80 bits per heavy atom. The SMILES string of the molecule is CCn1c(SC/C=C(/C)Cl)nc2c1c(=O)[nH]c(=O)n2C. The van der Waals surface area contributed by atoms with E-state index < -0.39 is 11.2 Å². The molecule has 0 fully saturated rings. The van der Waals surface area contributed by atoms with Crippen LogP contribution in [0.1, 0.15) is 13.8 Å². The Morgan fingerprint density at radius 1 is 1.50 bits per heavy atom. The number of rotatable bonds is 4. The van der Waals surface area contributed by atoms with Gasteiger partial charge in [-0.1, -0.05) is 29.4 Å². The number of hydrogen-bond acceptors (Lipinski definition) is 4. The fourth-order valence-corrected chi connectivity index (χ4v) is 3.03. The second kappa shape index (κ2) is 5.88. The highest BCUT2D eigenvalue weighted by atomic mass is 35.5. The Bertz CT molecular complexity index is 783. The standard InChI is InChI=1S/C12H15ClN4O2S/c1-4-17-8-9(16(3)11(19)15-10(8)18)14-12(17)20-6-5-7(2)13/h5H,4,6H2,1-3H3,(H,15,18,19)/b7-5-. The van der Waals surface area contributed by atoms with Crippen LogP contribution in [0.15, 0.2) is 25.9 Å². The van der Waals surface area contributed by atoms with Crippen LogP contribution in [0.25, 0.3) is 11.2 Å². The number of aromatic nitrogens is 4. The van der Waals surface area contributed by atoms with Crippen molar-refractivity contribution in [2.24, 2.45) is 7.05 Å². The van der Waals surface area contributed by atoms with E-state index in [9.17, 15) is 9.59 Å². The van der Waals surface area contributed by atoms with Gasteiger partial charge in [0.1, 0.15) is 0 Å². The molecule has 8 heteroatoms. The molecule has 2 heterocycles. The first-order valence-corrected chi connectivity index (χ1v) is 7.46. The van der Waals surface area contributed by atoms with Gasteiger partial charge in [-0.2, -0.15) is 0 Å². The van der Waals surface area contributed by atoms with Gasteiger partial charge in [0.05, 0.1) is 0 Å². The first-order valence-electron chi connectivity index (χ1n) is 6.10. The highest BCUT2D eigenvalue weighted by Crippen LogP contribution is 2.21. The molecule has 0 aromatic carbocycles. The highest BCUT2D eigenvalue weighted by molar-refractivity contribution is 7.99. The smallest absolute Gasteiger partial charge is 0.313 e. The van der Waals surface area contributed by atoms with E-state index in [1.807, 2.05) is 13.0 Å². The van der Waals surface area contributed by atoms with Gasteiger partial charge in [-0.15, -0.1) is 0 Å². The number of H-pyrrole nitrogens is 1. The van der Waals surface area contributed by atoms with E-state index in [0.717, 1.165) is 0 Å². The largest absolute Gasteiger partial charge is 0.329 e. The number of thioether (sulfide) groups is 1. The number of imidazole rings is 1. The Morgan fingerprint density at radius 2 is 2.20 bits per heavy atom. The number of aromatic amines is 1. The summed E-state index contributed by atoms with van der Waals surface area (Å²) in [7, 11) is 1.59. The van der Waals surface area contributed by atoms with Crippen LogP contribution in [0, 0.1) is 0 Å². The average Bonchev–Trinajstić information content (AvgIpc) is 2.75. The van der Waals surface area contributed by atoms with Crippen LogP contribution >= 0.6 is 23.4 Å². The van der Waals surface area contributed by atoms with E-state index in [1.165, 1.54) is 16.3 Å². The van der Waals surface area contributed by atoms with Gasteiger partial charge in [0.2, 0.25) is 0 Å². The predicted octanol–water partition coefficient (Wildman–Crippen LogP) is 1.68. The van der Waals surface area contributed by atoms with Crippen molar-refractivity contribution in [3.8, 4) is 0 Å². The van der Waals surface area contributed by atoms with Crippen molar-refractivity contribution >= 4 is 34.5 Å². The minimum atomic E-state index is -0.462. The fraction of sp³-hybridized carbons (Fsp3) is 0.417. The Kier molecular flexibility index (Phi) is 4.39. The van der Waals surface area contributed by atoms with E-state index in [-0.39, 0.29) is 0 Å². The van der Waals surface area contributed by atoms with Gasteiger partial charge in [0.15, 0.2) is 16.3 Å². The van der Waals surface area contributed by atoms with E-state index in [4.69, 9.17) is 11.6 Å². The molecule has 0 aliphatic carbocycles. The molecule has 0 saturated heterocycles. The lowest BCUT2D eigenvalue weighted by Gasteiger charge is -2.03. The Labute approximate surface area is 124 Å². The number of fused-ring (bicyclic) bond motifs is 1. The summed E-state index contributed by atoms with van der Waals surface area (Å²) in [6.45, 7) is 4.33. The molecular formula is C12H15ClN4O2S. The lowest BCUT2D eigenvalue weighted by molar-refractivity contribution is 0.700. The van der Waals surface area contributed by atoms with Gasteiger partial charge in [0.25, 0.3) is 5.56 Å². The molecule has 0 radical (unpaired) electrons. The van der Waals surface area contributed by atoms with Crippen molar-refractivity contribution in [3.05, 3.63) is 31.9 Å². The number of nitrogens with zero attached hydrogens (tertiary/aromatic N) is 3. The predicted molar refractivity (Wildman–Crippen MR) is 81.6 cm³/mol. The van der Waals surface area contributed by atoms with Gasteiger partial charge in [-0.05, 0) is 13.8 Å². The number of aryl methyl sites for hydroxylation is 2. The molecule has 0 bridgehead atoms. The molecule has 0 saturated carbocycles. The summed E-state index contributed by atoms with van der Waals surface area (Å²) in [5.74, 6) is 0.657. The first kappa shape index (κ1) is 14.9. The van der Waals surface area contributed by atoms with Crippen LogP contribution in [0.3, 0.4) is 0 Å². The molecule has 0 spiro atoms. The maximum atomic E-state index is 12.0. The van der Waals surface area contributed by atoms with Crippen molar-refractivity contribution in [3.63, 3.8) is 0 Å². The van der Waals surface area contributed by atoms with Crippen LogP contribution in [0.4, 0.5) is 0 Å². The maximum Gasteiger partial charge on any atom is 0.329 e. The summed E-state index contributed by atoms with van der Waals surface area (Å²) in [5, 5.41) is 1.41. The molecular weight excluding hydrogens is 300 g/mol. The molecule has 6 nitrogen and oxygen atoms in total. The average molecular weight is 315 g/mol. The molecule has 20 heavy (non-hydrogen) atoms. The van der Waals surface area contributed by atoms with Crippen molar-refractivity contribution < 1.29 is 0 Å². The second-order valence-electron chi connectivity index (χ2n) is 4.23. The monoisotopic (exact) mass is 314 g/mol. The van der Waals surface area contributed by atoms with E-state index >= 15 is 0 Å². The quantitative estimate of drug-likeness (QED) is 0.871. The summed E-state index contributed by atoms with van der Waals surface area (Å²) < 4.78 is 3.14. The van der Waals surface area contributed by atoms with Crippen LogP contribution < -0.4 is 11.2 Å². The van der Waals surface area contributed by atoms with Crippen LogP contribution in [0.5, 0.6) is 0 Å². The first-order chi connectivity index (χ1) is 9.45. The van der Waals surface area contributed by atoms with Gasteiger partial charge in [-0.3, -0.25) is 14.3 Å². The molecule has 2 rings (SSSR count). The molecule has 108 valence electrons. The number of allylic oxidation sites excluding steroid dienone is 1. The normalized spacial score (nSPS) is 12.3. The van der Waals surface area contributed by atoms with Crippen LogP contribution in [-0.2, 0) is 13.6 Å². The fourth-order valence-electron chi connectivity index (χ4n) is 1.85. The van der Waals surface area contributed by atoms with E-state index in [1.54, 1.807) is 18.5 Å². The molecule has 0 amide bonds. The zero-order chi connectivity index (χ0) is 14.9. The van der Waals surface area contributed by atoms with Crippen molar-refractivity contribution in [1.29, 1.82) is 0 Å². The Balaban J connectivity index is 2.59. The third-order valence-corrected chi connectivity index (χ3v) is 3.92. The summed E-state index contributed by atoms with van der Waals surface area (Å²) in [6, 6.07) is 0. The molecule has 0 aliphatic rings. The molecule has 0 unspecified atom stereocenters. The van der Waals surface area contributed by atoms with Crippen molar-refractivity contribution in [1.82, 2.24) is 19.1 Å². The van der Waals surface area contributed by atoms with Gasteiger partial charge >= 0.3 is 5.69 Å². The van der Waals surface area contributed by atoms with Gasteiger partial charge < -0.3 is 4.57 Å². The van der Waals surface area contributed by atoms with E-state index in [2.05, 4.69) is 9.97 Å². The number of hydrogen-bond donors (Lipinski definition) is 1. The molecule has 1 N–H and O–H groups in total. The summed E-state index contributed by atoms with van der Waals surface area (Å²) >= 11 is 7.26. The second-order valence-corrected chi connectivity index (χ2v) is 5.81. The van der Waals surface area contributed by atoms with Crippen LogP contribution in [0.2, 0.25) is 0 Å². The molecule has 2 aromatic rings. The molecule has 0 aliphatic heterocycles. The molecule has 0 atom stereocenters. The van der Waals surface area contributed by atoms with Crippen molar-refractivity contribution in [2.75, 3.05) is 5.75 Å². The third kappa shape index (κ3) is 2.69. The lowest BCUT2D eigenvalue weighted by Crippen LogP contribution is -2.29. The van der Waals surface area contributed by atoms with Crippen LogP contribution in [-0.4, -0.2) is 24.9 Å². The summed E-state index contributed by atoms with van der Waals surface area (Å²) in [5.41, 5.74) is -0.0528. The van der Waals surface area contributed by atoms with E-state index in [0.29, 0.717) is 33.7 Å². The zero-order valence-corrected chi connectivity index (χ0v) is 13.0. The maximum absolute atomic E-state index is 12.0. The summed E-state index contributed by atoms with van der Waals surface area (Å²) in [4.78, 5) is 30.2. The number of halogens is 1. The lowest BCUT2D eigenvalue weighted by atomic mass is 10.5. The minimum Gasteiger partial charge on any atom is -0.313 e. The zero-order valence-electron chi connectivity index (χ0n) is 11.4. The topological polar surface area (TPSA) is 72.7 Å². The van der Waals surface area contributed by atoms with Gasteiger partial charge in [0, 0.05) is 24.4 Å². The molecule has 2 aromatic heterocycles. The minimum absolute atomic E-state index is 0.398. The third-order valence-electron chi connectivity index (χ3n) is 2.87.